The van der Waals surface area contributed by atoms with Gasteiger partial charge in [0, 0.05) is 6.54 Å². The van der Waals surface area contributed by atoms with Crippen LogP contribution >= 0.6 is 0 Å². The number of benzene rings is 1. The van der Waals surface area contributed by atoms with Gasteiger partial charge in [0.1, 0.15) is 5.82 Å². The van der Waals surface area contributed by atoms with Crippen LogP contribution in [0.4, 0.5) is 4.39 Å². The van der Waals surface area contributed by atoms with Crippen molar-refractivity contribution in [2.24, 2.45) is 0 Å². The van der Waals surface area contributed by atoms with Crippen LogP contribution in [0.15, 0.2) is 34.7 Å². The summed E-state index contributed by atoms with van der Waals surface area (Å²) in [7, 11) is -7.34. The molecule has 1 aliphatic heterocycles. The molecule has 0 bridgehead atoms. The average Bonchev–Trinajstić information content (AvgIpc) is 3.03. The number of hydrogen-bond acceptors (Lipinski definition) is 5. The summed E-state index contributed by atoms with van der Waals surface area (Å²) in [6.45, 7) is 0.349. The third-order valence-corrected chi connectivity index (χ3v) is 9.43. The summed E-state index contributed by atoms with van der Waals surface area (Å²) >= 11 is 0. The van der Waals surface area contributed by atoms with E-state index in [1.165, 1.54) is 12.0 Å². The summed E-state index contributed by atoms with van der Waals surface area (Å²) in [5, 5.41) is 1.58. The normalized spacial score (nSPS) is 21.9. The minimum absolute atomic E-state index is 0.0126. The predicted octanol–water partition coefficient (Wildman–Crippen LogP) is 2.41. The van der Waals surface area contributed by atoms with Crippen LogP contribution in [0, 0.1) is 5.82 Å². The molecule has 6 nitrogen and oxygen atoms in total. The van der Waals surface area contributed by atoms with E-state index in [4.69, 9.17) is 0 Å². The lowest BCUT2D eigenvalue weighted by Gasteiger charge is -2.14. The molecule has 154 valence electrons. The van der Waals surface area contributed by atoms with Gasteiger partial charge in [-0.15, -0.1) is 0 Å². The number of allylic oxidation sites excluding steroid dienone is 1. The molecule has 3 rings (SSSR count). The molecule has 1 aliphatic carbocycles. The van der Waals surface area contributed by atoms with Crippen molar-refractivity contribution in [1.82, 2.24) is 5.32 Å². The SMILES string of the molecule is O=C(NCCC1=CCCCC1)c1cc(S(=O)(=O)C2CCS(=O)(=O)C2)ccc1F. The molecular weight excluding hydrogens is 405 g/mol. The van der Waals surface area contributed by atoms with Crippen LogP contribution in [0.2, 0.25) is 0 Å². The van der Waals surface area contributed by atoms with Crippen LogP contribution in [-0.2, 0) is 19.7 Å². The lowest BCUT2D eigenvalue weighted by molar-refractivity contribution is 0.0949. The summed E-state index contributed by atoms with van der Waals surface area (Å²) in [5.74, 6) is -2.11. The van der Waals surface area contributed by atoms with Crippen LogP contribution in [-0.4, -0.2) is 46.0 Å². The van der Waals surface area contributed by atoms with Crippen molar-refractivity contribution < 1.29 is 26.0 Å². The molecule has 1 N–H and O–H groups in total. The fraction of sp³-hybridized carbons (Fsp3) is 0.526. The van der Waals surface area contributed by atoms with E-state index < -0.39 is 42.4 Å². The molecular formula is C19H24FNO5S2. The molecule has 1 aromatic rings. The van der Waals surface area contributed by atoms with Crippen molar-refractivity contribution in [3.8, 4) is 0 Å². The fourth-order valence-electron chi connectivity index (χ4n) is 3.62. The van der Waals surface area contributed by atoms with E-state index in [0.29, 0.717) is 13.0 Å². The van der Waals surface area contributed by atoms with E-state index in [-0.39, 0.29) is 22.6 Å². The maximum atomic E-state index is 14.1. The topological polar surface area (TPSA) is 97.4 Å². The number of rotatable bonds is 6. The first kappa shape index (κ1) is 21.0. The predicted molar refractivity (Wildman–Crippen MR) is 104 cm³/mol. The Labute approximate surface area is 165 Å². The Morgan fingerprint density at radius 1 is 1.25 bits per heavy atom. The van der Waals surface area contributed by atoms with Gasteiger partial charge in [0.15, 0.2) is 19.7 Å². The van der Waals surface area contributed by atoms with Gasteiger partial charge >= 0.3 is 0 Å². The van der Waals surface area contributed by atoms with Crippen LogP contribution in [0.1, 0.15) is 48.9 Å². The third kappa shape index (κ3) is 4.81. The van der Waals surface area contributed by atoms with E-state index in [2.05, 4.69) is 11.4 Å². The van der Waals surface area contributed by atoms with Crippen molar-refractivity contribution in [2.45, 2.75) is 48.7 Å². The Balaban J connectivity index is 1.72. The van der Waals surface area contributed by atoms with Crippen LogP contribution < -0.4 is 5.32 Å². The van der Waals surface area contributed by atoms with Gasteiger partial charge in [0.25, 0.3) is 5.91 Å². The largest absolute Gasteiger partial charge is 0.352 e. The molecule has 1 heterocycles. The molecule has 1 atom stereocenters. The molecule has 0 spiro atoms. The Bertz CT molecular complexity index is 999. The molecule has 1 saturated heterocycles. The molecule has 1 aromatic carbocycles. The molecule has 1 fully saturated rings. The second-order valence-electron chi connectivity index (χ2n) is 7.33. The fourth-order valence-corrected chi connectivity index (χ4v) is 8.00. The minimum atomic E-state index is -3.96. The molecule has 0 aromatic heterocycles. The molecule has 28 heavy (non-hydrogen) atoms. The number of hydrogen-bond donors (Lipinski definition) is 1. The zero-order chi connectivity index (χ0) is 20.4. The maximum absolute atomic E-state index is 14.1. The van der Waals surface area contributed by atoms with Gasteiger partial charge in [-0.1, -0.05) is 11.6 Å². The third-order valence-electron chi connectivity index (χ3n) is 5.26. The van der Waals surface area contributed by atoms with E-state index in [1.807, 2.05) is 0 Å². The van der Waals surface area contributed by atoms with Crippen LogP contribution in [0.5, 0.6) is 0 Å². The van der Waals surface area contributed by atoms with Crippen molar-refractivity contribution >= 4 is 25.6 Å². The van der Waals surface area contributed by atoms with Crippen molar-refractivity contribution in [3.05, 3.63) is 41.2 Å². The van der Waals surface area contributed by atoms with Gasteiger partial charge in [0.2, 0.25) is 0 Å². The van der Waals surface area contributed by atoms with Crippen molar-refractivity contribution in [2.75, 3.05) is 18.1 Å². The van der Waals surface area contributed by atoms with Crippen molar-refractivity contribution in [3.63, 3.8) is 0 Å². The first-order chi connectivity index (χ1) is 13.2. The summed E-state index contributed by atoms with van der Waals surface area (Å²) in [6.07, 6.45) is 7.20. The average molecular weight is 430 g/mol. The highest BCUT2D eigenvalue weighted by atomic mass is 32.2. The number of nitrogens with one attached hydrogen (secondary N) is 1. The highest BCUT2D eigenvalue weighted by molar-refractivity contribution is 7.96. The number of carbonyl (C=O) groups excluding carboxylic acids is 1. The number of amides is 1. The molecule has 9 heteroatoms. The zero-order valence-electron chi connectivity index (χ0n) is 15.5. The van der Waals surface area contributed by atoms with Gasteiger partial charge in [-0.3, -0.25) is 4.79 Å². The molecule has 0 saturated carbocycles. The van der Waals surface area contributed by atoms with Gasteiger partial charge in [-0.25, -0.2) is 21.2 Å². The summed E-state index contributed by atoms with van der Waals surface area (Å²) in [5.41, 5.74) is 0.922. The number of halogens is 1. The Morgan fingerprint density at radius 2 is 2.04 bits per heavy atom. The summed E-state index contributed by atoms with van der Waals surface area (Å²) in [6, 6.07) is 3.03. The molecule has 1 amide bonds. The molecule has 2 aliphatic rings. The van der Waals surface area contributed by atoms with E-state index in [9.17, 15) is 26.0 Å². The highest BCUT2D eigenvalue weighted by Crippen LogP contribution is 2.27. The molecule has 1 unspecified atom stereocenters. The van der Waals surface area contributed by atoms with Crippen molar-refractivity contribution in [1.29, 1.82) is 0 Å². The second-order valence-corrected chi connectivity index (χ2v) is 11.8. The van der Waals surface area contributed by atoms with Gasteiger partial charge in [-0.05, 0) is 56.7 Å². The summed E-state index contributed by atoms with van der Waals surface area (Å²) < 4.78 is 62.7. The van der Waals surface area contributed by atoms with Gasteiger partial charge < -0.3 is 5.32 Å². The first-order valence-corrected chi connectivity index (χ1v) is 12.8. The second kappa shape index (κ2) is 8.32. The van der Waals surface area contributed by atoms with Gasteiger partial charge in [0.05, 0.1) is 27.2 Å². The standard InChI is InChI=1S/C19H24FNO5S2/c20-18-7-6-15(28(25,26)16-9-11-27(23,24)13-16)12-17(18)19(22)21-10-8-14-4-2-1-3-5-14/h4,6-7,12,16H,1-3,5,8-11,13H2,(H,21,22). The Morgan fingerprint density at radius 3 is 2.68 bits per heavy atom. The van der Waals surface area contributed by atoms with E-state index >= 15 is 0 Å². The smallest absolute Gasteiger partial charge is 0.254 e. The highest BCUT2D eigenvalue weighted by Gasteiger charge is 2.38. The molecule has 0 radical (unpaired) electrons. The first-order valence-electron chi connectivity index (χ1n) is 9.39. The van der Waals surface area contributed by atoms with Crippen LogP contribution in [0.3, 0.4) is 0 Å². The lowest BCUT2D eigenvalue weighted by Crippen LogP contribution is -2.27. The van der Waals surface area contributed by atoms with E-state index in [1.54, 1.807) is 0 Å². The number of sulfone groups is 2. The maximum Gasteiger partial charge on any atom is 0.254 e. The number of carbonyl (C=O) groups is 1. The monoisotopic (exact) mass is 429 g/mol. The quantitative estimate of drug-likeness (QED) is 0.553. The zero-order valence-corrected chi connectivity index (χ0v) is 17.1. The van der Waals surface area contributed by atoms with E-state index in [0.717, 1.165) is 37.5 Å². The summed E-state index contributed by atoms with van der Waals surface area (Å²) in [4.78, 5) is 12.1. The Kier molecular flexibility index (Phi) is 6.24. The lowest BCUT2D eigenvalue weighted by atomic mass is 9.97. The van der Waals surface area contributed by atoms with Crippen LogP contribution in [0.25, 0.3) is 0 Å². The Hall–Kier alpha value is -1.74. The minimum Gasteiger partial charge on any atom is -0.352 e. The van der Waals surface area contributed by atoms with Gasteiger partial charge in [-0.2, -0.15) is 0 Å².